The van der Waals surface area contributed by atoms with E-state index < -0.39 is 168 Å². The van der Waals surface area contributed by atoms with Gasteiger partial charge in [-0.15, -0.1) is 0 Å². The van der Waals surface area contributed by atoms with Gasteiger partial charge < -0.3 is 100 Å². The maximum Gasteiger partial charge on any atom is 0.253 e. The zero-order valence-electron chi connectivity index (χ0n) is 63.0. The highest BCUT2D eigenvalue weighted by atomic mass is 19.1. The third kappa shape index (κ3) is 20.1. The van der Waals surface area contributed by atoms with E-state index in [9.17, 15) is 68.7 Å². The monoisotopic (exact) mass is 1540 g/mol. The SMILES string of the molecule is CCCC1O[C@@H]2C[C@H]3[C@@H]4CCC5=CC(=O)C=C[C@]5(C)[C@@]4(F)[C@@H](O)C[C@]3(C)[C@]2(C(=O)COc2ccc(NC(=O)[C@H](C)NC(=O)[C@@H](NC(=O)[C@@H](CCCCNC(=O)COC3CCCCC/C(N[C@@H]4O[C@H](CO)[C@H](O)[C@H](O)[C@H]4O)=C\3N=N)NC(=O)CCOCCOCCOCCOCCN3C(=O)C=CC3=O)C(C)C)cc2)O1. The second-order valence-corrected chi connectivity index (χ2v) is 30.0. The number of nitrogens with zero attached hydrogens (tertiary/aromatic N) is 2. The molecule has 1 aromatic carbocycles. The van der Waals surface area contributed by atoms with E-state index in [0.29, 0.717) is 81.2 Å². The van der Waals surface area contributed by atoms with Crippen molar-refractivity contribution in [2.24, 2.45) is 33.7 Å². The molecule has 0 spiro atoms. The molecule has 7 amide bonds. The van der Waals surface area contributed by atoms with E-state index in [1.54, 1.807) is 51.1 Å². The van der Waals surface area contributed by atoms with Crippen LogP contribution in [0.3, 0.4) is 0 Å². The summed E-state index contributed by atoms with van der Waals surface area (Å²) in [6.07, 6.45) is 1.44. The number of carbonyl (C=O) groups is 9. The van der Waals surface area contributed by atoms with Crippen LogP contribution in [0.15, 0.2) is 76.7 Å². The van der Waals surface area contributed by atoms with E-state index in [1.807, 2.05) is 13.8 Å². The van der Waals surface area contributed by atoms with E-state index in [2.05, 4.69) is 37.0 Å². The highest BCUT2D eigenvalue weighted by Gasteiger charge is 2.79. The van der Waals surface area contributed by atoms with Gasteiger partial charge in [0.25, 0.3) is 11.8 Å². The van der Waals surface area contributed by atoms with Gasteiger partial charge in [-0.25, -0.2) is 9.92 Å². The van der Waals surface area contributed by atoms with Crippen LogP contribution < -0.4 is 36.6 Å². The number of alkyl halides is 1. The molecule has 12 N–H and O–H groups in total. The number of ketones is 2. The van der Waals surface area contributed by atoms with Crippen LogP contribution >= 0.6 is 0 Å². The molecule has 9 rings (SSSR count). The fourth-order valence-electron chi connectivity index (χ4n) is 16.5. The Labute approximate surface area is 633 Å². The molecule has 33 heteroatoms. The van der Waals surface area contributed by atoms with Crippen LogP contribution in [0.2, 0.25) is 0 Å². The van der Waals surface area contributed by atoms with E-state index in [1.165, 1.54) is 31.2 Å². The standard InChI is InChI=1S/C76H110FN9O23/c1-7-13-63-108-58-39-51-50-22-17-46-38-48(88)25-27-73(46,5)75(50,77)56(89)40-74(51,6)76(58,109-63)57(90)42-105-49-20-18-47(19-21-49)81-69(98)45(4)80-71(100)64(44(2)3)84-70(99)53(82-59(91)26-30-101-32-34-103-36-37-104-35-33-102-31-29-86-61(93)23-24-62(86)94)15-11-12-28-79-60(92)43-106-54-16-10-8-9-14-52(65(54)85-78)83-72-68(97)67(96)66(95)55(41-87)107-72/h18-21,23-25,27,38,44-45,50-51,53-56,58,63-64,66-68,72,78,83,87,89,95-97H,7-17,22,26,28-37,39-43H2,1-6H3,(H,79,92)(H,80,100)(H,81,98)(H,82,91)(H,84,99)/b65-52-,85-78?/t45-,50-,51-,53+,54?,55+,56-,58+,63?,64-,66-,67-,68+,72+,73-,74-,75-,76+/m0/s1. The topological polar surface area (TPSA) is 449 Å². The third-order valence-electron chi connectivity index (χ3n) is 22.5. The molecule has 604 valence electrons. The average Bonchev–Trinajstić information content (AvgIpc) is 1.53. The Morgan fingerprint density at radius 2 is 1.45 bits per heavy atom. The van der Waals surface area contributed by atoms with Crippen molar-refractivity contribution in [2.75, 3.05) is 91.1 Å². The van der Waals surface area contributed by atoms with Crippen molar-refractivity contribution in [2.45, 2.75) is 222 Å². The molecule has 0 aromatic heterocycles. The molecule has 8 aliphatic rings. The van der Waals surface area contributed by atoms with Crippen molar-refractivity contribution in [3.8, 4) is 5.75 Å². The minimum Gasteiger partial charge on any atom is -0.486 e. The molecule has 3 heterocycles. The number of fused-ring (bicyclic) bond motifs is 7. The molecule has 18 atom stereocenters. The van der Waals surface area contributed by atoms with E-state index >= 15 is 4.39 Å². The summed E-state index contributed by atoms with van der Waals surface area (Å²) in [6.45, 7) is 10.6. The number of hydrogen-bond acceptors (Lipinski definition) is 26. The van der Waals surface area contributed by atoms with Crippen molar-refractivity contribution < 1.29 is 116 Å². The zero-order valence-corrected chi connectivity index (χ0v) is 63.0. The summed E-state index contributed by atoms with van der Waals surface area (Å²) in [7, 11) is 0. The highest BCUT2D eigenvalue weighted by Crippen LogP contribution is 2.72. The van der Waals surface area contributed by atoms with E-state index in [4.69, 9.17) is 48.2 Å². The van der Waals surface area contributed by atoms with E-state index in [-0.39, 0.29) is 121 Å². The van der Waals surface area contributed by atoms with Gasteiger partial charge >= 0.3 is 0 Å². The number of allylic oxidation sites excluding steroid dienone is 5. The molecule has 2 unspecified atom stereocenters. The lowest BCUT2D eigenvalue weighted by molar-refractivity contribution is -0.234. The number of amides is 7. The summed E-state index contributed by atoms with van der Waals surface area (Å²) in [6, 6.07) is 2.68. The Hall–Kier alpha value is -7.38. The summed E-state index contributed by atoms with van der Waals surface area (Å²) in [5.74, 6) is -5.81. The predicted molar refractivity (Wildman–Crippen MR) is 386 cm³/mol. The maximum absolute atomic E-state index is 18.0. The molecule has 32 nitrogen and oxygen atoms in total. The maximum atomic E-state index is 18.0. The molecule has 3 aliphatic heterocycles. The lowest BCUT2D eigenvalue weighted by Crippen LogP contribution is -2.69. The first-order valence-corrected chi connectivity index (χ1v) is 38.2. The van der Waals surface area contributed by atoms with Crippen molar-refractivity contribution in [3.05, 3.63) is 71.6 Å². The summed E-state index contributed by atoms with van der Waals surface area (Å²) in [4.78, 5) is 121. The minimum absolute atomic E-state index is 0.0360. The molecule has 0 bridgehead atoms. The van der Waals surface area contributed by atoms with Crippen LogP contribution in [0, 0.1) is 34.1 Å². The molecule has 1 aromatic rings. The van der Waals surface area contributed by atoms with Crippen LogP contribution in [-0.2, 0) is 81.0 Å². The Balaban J connectivity index is 0.751. The van der Waals surface area contributed by atoms with Gasteiger partial charge in [0.1, 0.15) is 73.3 Å². The number of ether oxygens (including phenoxy) is 9. The van der Waals surface area contributed by atoms with Gasteiger partial charge in [0.05, 0.1) is 78.2 Å². The summed E-state index contributed by atoms with van der Waals surface area (Å²) in [5, 5.41) is 73.6. The van der Waals surface area contributed by atoms with Gasteiger partial charge in [0, 0.05) is 53.2 Å². The normalized spacial score (nSPS) is 31.4. The molecule has 0 radical (unpaired) electrons. The van der Waals surface area contributed by atoms with Gasteiger partial charge in [-0.05, 0) is 133 Å². The predicted octanol–water partition coefficient (Wildman–Crippen LogP) is 2.61. The first kappa shape index (κ1) is 85.6. The van der Waals surface area contributed by atoms with Gasteiger partial charge in [0.2, 0.25) is 35.3 Å². The van der Waals surface area contributed by atoms with Crippen LogP contribution in [0.1, 0.15) is 138 Å². The number of Topliss-reactive ketones (excluding diaryl/α,β-unsaturated/α-hetero) is 1. The Kier molecular flexibility index (Phi) is 30.8. The summed E-state index contributed by atoms with van der Waals surface area (Å²) < 4.78 is 71.2. The number of nitrogens with one attached hydrogen (secondary N) is 7. The fourth-order valence-corrected chi connectivity index (χ4v) is 16.5. The lowest BCUT2D eigenvalue weighted by Gasteiger charge is -2.62. The number of rotatable bonds is 41. The second-order valence-electron chi connectivity index (χ2n) is 30.0. The Bertz CT molecular complexity index is 3490. The molecular weight excluding hydrogens is 1430 g/mol. The largest absolute Gasteiger partial charge is 0.486 e. The first-order chi connectivity index (χ1) is 52.1. The number of imide groups is 1. The smallest absolute Gasteiger partial charge is 0.253 e. The first-order valence-electron chi connectivity index (χ1n) is 38.2. The van der Waals surface area contributed by atoms with Crippen LogP contribution in [0.4, 0.5) is 10.1 Å². The summed E-state index contributed by atoms with van der Waals surface area (Å²) in [5.41, 5.74) is 3.54. The van der Waals surface area contributed by atoms with Crippen LogP contribution in [0.5, 0.6) is 5.75 Å². The lowest BCUT2D eigenvalue weighted by atomic mass is 9.44. The quantitative estimate of drug-likeness (QED) is 0.0255. The van der Waals surface area contributed by atoms with Crippen molar-refractivity contribution >= 4 is 58.6 Å². The Morgan fingerprint density at radius 1 is 0.761 bits per heavy atom. The van der Waals surface area contributed by atoms with Crippen molar-refractivity contribution in [1.82, 2.24) is 31.5 Å². The molecule has 109 heavy (non-hydrogen) atoms. The number of aliphatic hydroxyl groups is 5. The molecule has 3 saturated carbocycles. The number of halogens is 1. The van der Waals surface area contributed by atoms with Crippen molar-refractivity contribution in [3.63, 3.8) is 0 Å². The fraction of sp³-hybridized carbons (Fsp3) is 0.697. The van der Waals surface area contributed by atoms with E-state index in [0.717, 1.165) is 11.3 Å². The van der Waals surface area contributed by atoms with Gasteiger partial charge in [0.15, 0.2) is 29.6 Å². The number of unbranched alkanes of at least 4 members (excludes halogenated alkanes) is 1. The Morgan fingerprint density at radius 3 is 2.12 bits per heavy atom. The number of benzene rings is 1. The molecule has 5 fully saturated rings. The van der Waals surface area contributed by atoms with Gasteiger partial charge in [-0.2, -0.15) is 5.11 Å². The second kappa shape index (κ2) is 39.2. The zero-order chi connectivity index (χ0) is 78.8. The molecule has 2 saturated heterocycles. The number of anilines is 1. The molecule has 5 aliphatic carbocycles. The molecular formula is C76H110FN9O23. The minimum atomic E-state index is -2.12. The van der Waals surface area contributed by atoms with Gasteiger partial charge in [-0.1, -0.05) is 58.6 Å². The van der Waals surface area contributed by atoms with Crippen molar-refractivity contribution in [1.29, 1.82) is 5.53 Å². The number of hydrogen-bond donors (Lipinski definition) is 12. The average molecular weight is 1540 g/mol. The summed E-state index contributed by atoms with van der Waals surface area (Å²) >= 11 is 0. The highest BCUT2D eigenvalue weighted by molar-refractivity contribution is 6.13. The van der Waals surface area contributed by atoms with Crippen LogP contribution in [0.25, 0.3) is 0 Å². The number of carbonyl (C=O) groups excluding carboxylic acids is 9. The van der Waals surface area contributed by atoms with Gasteiger partial charge in [-0.3, -0.25) is 48.1 Å². The number of aliphatic hydroxyl groups excluding tert-OH is 5. The third-order valence-corrected chi connectivity index (χ3v) is 22.5. The van der Waals surface area contributed by atoms with Crippen LogP contribution in [-0.4, -0.2) is 254 Å².